The summed E-state index contributed by atoms with van der Waals surface area (Å²) in [6.07, 6.45) is 1.77. The minimum atomic E-state index is -0.308. The molecule has 20 heavy (non-hydrogen) atoms. The number of benzene rings is 2. The van der Waals surface area contributed by atoms with Gasteiger partial charge in [0.25, 0.3) is 0 Å². The zero-order valence-electron chi connectivity index (χ0n) is 10.9. The van der Waals surface area contributed by atoms with Crippen LogP contribution in [0.1, 0.15) is 11.1 Å². The first kappa shape index (κ1) is 13.4. The number of halogens is 2. The predicted octanol–water partition coefficient (Wildman–Crippen LogP) is 4.14. The topological polar surface area (TPSA) is 18.5 Å². The normalized spacial score (nSPS) is 12.9. The van der Waals surface area contributed by atoms with Crippen LogP contribution in [0.15, 0.2) is 40.9 Å². The van der Waals surface area contributed by atoms with E-state index in [-0.39, 0.29) is 5.82 Å². The van der Waals surface area contributed by atoms with Gasteiger partial charge in [-0.2, -0.15) is 0 Å². The molecule has 0 amide bonds. The Morgan fingerprint density at radius 1 is 1.20 bits per heavy atom. The van der Waals surface area contributed by atoms with E-state index < -0.39 is 0 Å². The zero-order chi connectivity index (χ0) is 13.9. The van der Waals surface area contributed by atoms with E-state index >= 15 is 0 Å². The van der Waals surface area contributed by atoms with Gasteiger partial charge >= 0.3 is 0 Å². The van der Waals surface area contributed by atoms with Crippen LogP contribution in [0.2, 0.25) is 0 Å². The van der Waals surface area contributed by atoms with Crippen LogP contribution in [0, 0.1) is 5.82 Å². The van der Waals surface area contributed by atoms with Crippen LogP contribution in [0.3, 0.4) is 0 Å². The molecule has 4 heteroatoms. The molecule has 1 aliphatic rings. The fraction of sp³-hybridized carbons (Fsp3) is 0.250. The lowest BCUT2D eigenvalue weighted by Crippen LogP contribution is -2.02. The maximum absolute atomic E-state index is 13.3. The van der Waals surface area contributed by atoms with Crippen molar-refractivity contribution >= 4 is 15.9 Å². The van der Waals surface area contributed by atoms with Crippen molar-refractivity contribution in [2.45, 2.75) is 12.8 Å². The fourth-order valence-electron chi connectivity index (χ4n) is 2.25. The van der Waals surface area contributed by atoms with Crippen molar-refractivity contribution in [2.75, 3.05) is 13.2 Å². The van der Waals surface area contributed by atoms with Gasteiger partial charge in [-0.15, -0.1) is 0 Å². The second kappa shape index (κ2) is 5.83. The molecule has 0 N–H and O–H groups in total. The van der Waals surface area contributed by atoms with Crippen LogP contribution < -0.4 is 9.47 Å². The van der Waals surface area contributed by atoms with Crippen molar-refractivity contribution in [3.05, 3.63) is 57.8 Å². The van der Waals surface area contributed by atoms with Crippen molar-refractivity contribution in [3.63, 3.8) is 0 Å². The lowest BCUT2D eigenvalue weighted by atomic mass is 10.1. The monoisotopic (exact) mass is 336 g/mol. The van der Waals surface area contributed by atoms with Crippen LogP contribution in [-0.2, 0) is 12.8 Å². The van der Waals surface area contributed by atoms with E-state index in [0.717, 1.165) is 25.2 Å². The molecule has 0 unspecified atom stereocenters. The first-order valence-electron chi connectivity index (χ1n) is 6.55. The third kappa shape index (κ3) is 2.96. The molecule has 0 atom stereocenters. The van der Waals surface area contributed by atoms with Crippen LogP contribution in [0.5, 0.6) is 11.5 Å². The molecular formula is C16H14BrFO2. The molecule has 0 spiro atoms. The molecule has 1 aliphatic heterocycles. The van der Waals surface area contributed by atoms with Crippen molar-refractivity contribution < 1.29 is 13.9 Å². The summed E-state index contributed by atoms with van der Waals surface area (Å²) >= 11 is 3.12. The van der Waals surface area contributed by atoms with Gasteiger partial charge in [0, 0.05) is 18.9 Å². The van der Waals surface area contributed by atoms with Crippen LogP contribution in [0.25, 0.3) is 0 Å². The second-order valence-electron chi connectivity index (χ2n) is 4.71. The first-order valence-corrected chi connectivity index (χ1v) is 7.34. The van der Waals surface area contributed by atoms with Crippen molar-refractivity contribution in [1.29, 1.82) is 0 Å². The Bertz CT molecular complexity index is 628. The number of fused-ring (bicyclic) bond motifs is 1. The Balaban J connectivity index is 1.58. The zero-order valence-corrected chi connectivity index (χ0v) is 12.5. The number of ether oxygens (including phenoxy) is 2. The number of rotatable bonds is 4. The average molecular weight is 337 g/mol. The number of hydrogen-bond donors (Lipinski definition) is 0. The maximum Gasteiger partial charge on any atom is 0.141 e. The van der Waals surface area contributed by atoms with Gasteiger partial charge in [-0.05, 0) is 45.3 Å². The van der Waals surface area contributed by atoms with Gasteiger partial charge in [0.2, 0.25) is 0 Å². The third-order valence-corrected chi connectivity index (χ3v) is 3.95. The van der Waals surface area contributed by atoms with E-state index in [1.165, 1.54) is 17.2 Å². The van der Waals surface area contributed by atoms with Crippen molar-refractivity contribution in [3.8, 4) is 11.5 Å². The summed E-state index contributed by atoms with van der Waals surface area (Å²) in [7, 11) is 0. The molecule has 0 aromatic heterocycles. The minimum Gasteiger partial charge on any atom is -0.493 e. The standard InChI is InChI=1S/C16H14BrFO2/c17-14-3-2-13(10-15(14)18)19-7-5-11-1-4-16-12(9-11)6-8-20-16/h1-4,9-10H,5-8H2. The summed E-state index contributed by atoms with van der Waals surface area (Å²) in [4.78, 5) is 0. The van der Waals surface area contributed by atoms with Gasteiger partial charge in [0.1, 0.15) is 17.3 Å². The first-order chi connectivity index (χ1) is 9.72. The minimum absolute atomic E-state index is 0.308. The highest BCUT2D eigenvalue weighted by Crippen LogP contribution is 2.26. The van der Waals surface area contributed by atoms with Gasteiger partial charge in [0.15, 0.2) is 0 Å². The summed E-state index contributed by atoms with van der Waals surface area (Å²) in [5.74, 6) is 1.23. The highest BCUT2D eigenvalue weighted by Gasteiger charge is 2.11. The van der Waals surface area contributed by atoms with Gasteiger partial charge in [0.05, 0.1) is 17.7 Å². The molecular weight excluding hydrogens is 323 g/mol. The third-order valence-electron chi connectivity index (χ3n) is 3.30. The molecule has 3 rings (SSSR count). The van der Waals surface area contributed by atoms with Crippen LogP contribution >= 0.6 is 15.9 Å². The van der Waals surface area contributed by atoms with E-state index in [4.69, 9.17) is 9.47 Å². The van der Waals surface area contributed by atoms with Crippen molar-refractivity contribution in [2.24, 2.45) is 0 Å². The number of hydrogen-bond acceptors (Lipinski definition) is 2. The molecule has 2 nitrogen and oxygen atoms in total. The van der Waals surface area contributed by atoms with Crippen molar-refractivity contribution in [1.82, 2.24) is 0 Å². The smallest absolute Gasteiger partial charge is 0.141 e. The van der Waals surface area contributed by atoms with Gasteiger partial charge in [-0.25, -0.2) is 4.39 Å². The highest BCUT2D eigenvalue weighted by atomic mass is 79.9. The summed E-state index contributed by atoms with van der Waals surface area (Å²) < 4.78 is 24.8. The molecule has 0 bridgehead atoms. The van der Waals surface area contributed by atoms with E-state index in [2.05, 4.69) is 28.1 Å². The fourth-order valence-corrected chi connectivity index (χ4v) is 2.50. The SMILES string of the molecule is Fc1cc(OCCc2ccc3c(c2)CCO3)ccc1Br. The Morgan fingerprint density at radius 2 is 2.10 bits per heavy atom. The molecule has 2 aromatic rings. The molecule has 0 aliphatic carbocycles. The molecule has 1 heterocycles. The largest absolute Gasteiger partial charge is 0.493 e. The van der Waals surface area contributed by atoms with Gasteiger partial charge in [-0.1, -0.05) is 12.1 Å². The van der Waals surface area contributed by atoms with Crippen LogP contribution in [0.4, 0.5) is 4.39 Å². The molecule has 2 aromatic carbocycles. The molecule has 0 saturated carbocycles. The molecule has 0 saturated heterocycles. The Hall–Kier alpha value is -1.55. The van der Waals surface area contributed by atoms with E-state index in [9.17, 15) is 4.39 Å². The molecule has 104 valence electrons. The quantitative estimate of drug-likeness (QED) is 0.835. The molecule has 0 radical (unpaired) electrons. The summed E-state index contributed by atoms with van der Waals surface area (Å²) in [5.41, 5.74) is 2.48. The summed E-state index contributed by atoms with van der Waals surface area (Å²) in [5, 5.41) is 0. The molecule has 0 fully saturated rings. The lowest BCUT2D eigenvalue weighted by Gasteiger charge is -2.08. The second-order valence-corrected chi connectivity index (χ2v) is 5.57. The summed E-state index contributed by atoms with van der Waals surface area (Å²) in [6.45, 7) is 1.30. The Morgan fingerprint density at radius 3 is 2.95 bits per heavy atom. The average Bonchev–Trinajstić information content (AvgIpc) is 2.90. The van der Waals surface area contributed by atoms with E-state index in [1.54, 1.807) is 12.1 Å². The summed E-state index contributed by atoms with van der Waals surface area (Å²) in [6, 6.07) is 11.0. The maximum atomic E-state index is 13.3. The van der Waals surface area contributed by atoms with Gasteiger partial charge < -0.3 is 9.47 Å². The van der Waals surface area contributed by atoms with E-state index in [1.807, 2.05) is 6.07 Å². The lowest BCUT2D eigenvalue weighted by molar-refractivity contribution is 0.320. The highest BCUT2D eigenvalue weighted by molar-refractivity contribution is 9.10. The van der Waals surface area contributed by atoms with E-state index in [0.29, 0.717) is 16.8 Å². The Labute approximate surface area is 125 Å². The van der Waals surface area contributed by atoms with Gasteiger partial charge in [-0.3, -0.25) is 0 Å². The van der Waals surface area contributed by atoms with Crippen LogP contribution in [-0.4, -0.2) is 13.2 Å². The predicted molar refractivity (Wildman–Crippen MR) is 78.9 cm³/mol. The Kier molecular flexibility index (Phi) is 3.92.